The Morgan fingerprint density at radius 1 is 1.47 bits per heavy atom. The van der Waals surface area contributed by atoms with Crippen molar-refractivity contribution in [1.82, 2.24) is 0 Å². The van der Waals surface area contributed by atoms with E-state index in [0.29, 0.717) is 17.9 Å². The normalized spacial score (nSPS) is 17.8. The van der Waals surface area contributed by atoms with E-state index in [2.05, 4.69) is 0 Å². The summed E-state index contributed by atoms with van der Waals surface area (Å²) in [6.07, 6.45) is 3.30. The molecule has 0 spiro atoms. The van der Waals surface area contributed by atoms with Crippen molar-refractivity contribution in [3.05, 3.63) is 34.6 Å². The number of benzene rings is 1. The second kappa shape index (κ2) is 4.50. The molecule has 1 aromatic rings. The first-order chi connectivity index (χ1) is 7.16. The summed E-state index contributed by atoms with van der Waals surface area (Å²) < 4.78 is 13.1. The first kappa shape index (κ1) is 10.9. The summed E-state index contributed by atoms with van der Waals surface area (Å²) in [4.78, 5) is 0. The smallest absolute Gasteiger partial charge is 0.142 e. The molecule has 0 aromatic heterocycles. The van der Waals surface area contributed by atoms with E-state index in [1.807, 2.05) is 0 Å². The third-order valence-electron chi connectivity index (χ3n) is 2.79. The van der Waals surface area contributed by atoms with Gasteiger partial charge in [0.15, 0.2) is 0 Å². The summed E-state index contributed by atoms with van der Waals surface area (Å²) in [5, 5.41) is 9.89. The molecule has 2 rings (SSSR count). The maximum Gasteiger partial charge on any atom is 0.142 e. The van der Waals surface area contributed by atoms with E-state index in [1.54, 1.807) is 12.1 Å². The zero-order valence-electron chi connectivity index (χ0n) is 8.42. The van der Waals surface area contributed by atoms with Gasteiger partial charge in [-0.2, -0.15) is 0 Å². The standard InChI is InChI=1S/C12H14ClFO/c13-12-9(2-1-3-11(12)14)7-10(15)6-8-4-5-8/h1-3,8,10,15H,4-7H2. The third-order valence-corrected chi connectivity index (χ3v) is 3.21. The van der Waals surface area contributed by atoms with Crippen LogP contribution in [-0.2, 0) is 6.42 Å². The quantitative estimate of drug-likeness (QED) is 0.839. The fraction of sp³-hybridized carbons (Fsp3) is 0.500. The van der Waals surface area contributed by atoms with E-state index >= 15 is 0 Å². The van der Waals surface area contributed by atoms with Gasteiger partial charge in [-0.05, 0) is 30.4 Å². The average molecular weight is 229 g/mol. The average Bonchev–Trinajstić information content (AvgIpc) is 2.97. The van der Waals surface area contributed by atoms with Crippen LogP contribution in [0.4, 0.5) is 4.39 Å². The van der Waals surface area contributed by atoms with Crippen molar-refractivity contribution in [3.8, 4) is 0 Å². The van der Waals surface area contributed by atoms with Crippen LogP contribution in [0.3, 0.4) is 0 Å². The lowest BCUT2D eigenvalue weighted by atomic mass is 10.0. The van der Waals surface area contributed by atoms with E-state index in [1.165, 1.54) is 18.9 Å². The molecule has 1 unspecified atom stereocenters. The van der Waals surface area contributed by atoms with Crippen LogP contribution in [0.15, 0.2) is 18.2 Å². The molecule has 1 nitrogen and oxygen atoms in total. The highest BCUT2D eigenvalue weighted by Gasteiger charge is 2.24. The topological polar surface area (TPSA) is 20.2 Å². The molecule has 0 saturated heterocycles. The lowest BCUT2D eigenvalue weighted by Gasteiger charge is -2.11. The summed E-state index contributed by atoms with van der Waals surface area (Å²) in [6, 6.07) is 4.72. The van der Waals surface area contributed by atoms with E-state index in [9.17, 15) is 9.50 Å². The number of hydrogen-bond donors (Lipinski definition) is 1. The molecule has 0 aliphatic heterocycles. The minimum atomic E-state index is -0.409. The number of aliphatic hydroxyl groups is 1. The zero-order chi connectivity index (χ0) is 10.8. The lowest BCUT2D eigenvalue weighted by molar-refractivity contribution is 0.158. The van der Waals surface area contributed by atoms with Gasteiger partial charge in [0.1, 0.15) is 5.82 Å². The SMILES string of the molecule is OC(Cc1cccc(F)c1Cl)CC1CC1. The number of rotatable bonds is 4. The highest BCUT2D eigenvalue weighted by atomic mass is 35.5. The molecule has 82 valence electrons. The summed E-state index contributed by atoms with van der Waals surface area (Å²) in [6.45, 7) is 0. The van der Waals surface area contributed by atoms with Gasteiger partial charge in [0.05, 0.1) is 11.1 Å². The van der Waals surface area contributed by atoms with Gasteiger partial charge < -0.3 is 5.11 Å². The first-order valence-electron chi connectivity index (χ1n) is 5.27. The van der Waals surface area contributed by atoms with E-state index in [4.69, 9.17) is 11.6 Å². The van der Waals surface area contributed by atoms with Crippen molar-refractivity contribution >= 4 is 11.6 Å². The Bertz CT molecular complexity index is 349. The molecule has 1 N–H and O–H groups in total. The van der Waals surface area contributed by atoms with Gasteiger partial charge in [0.25, 0.3) is 0 Å². The van der Waals surface area contributed by atoms with Gasteiger partial charge in [0, 0.05) is 0 Å². The Labute approximate surface area is 93.9 Å². The Morgan fingerprint density at radius 3 is 2.87 bits per heavy atom. The van der Waals surface area contributed by atoms with Gasteiger partial charge in [-0.3, -0.25) is 0 Å². The third kappa shape index (κ3) is 2.93. The Kier molecular flexibility index (Phi) is 3.27. The van der Waals surface area contributed by atoms with E-state index < -0.39 is 11.9 Å². The van der Waals surface area contributed by atoms with Gasteiger partial charge in [-0.15, -0.1) is 0 Å². The second-order valence-electron chi connectivity index (χ2n) is 4.25. The molecular formula is C12H14ClFO. The summed E-state index contributed by atoms with van der Waals surface area (Å²) >= 11 is 5.80. The van der Waals surface area contributed by atoms with Crippen molar-refractivity contribution in [2.24, 2.45) is 5.92 Å². The second-order valence-corrected chi connectivity index (χ2v) is 4.63. The van der Waals surface area contributed by atoms with Crippen LogP contribution >= 0.6 is 11.6 Å². The molecule has 1 aromatic carbocycles. The summed E-state index contributed by atoms with van der Waals surface area (Å²) in [7, 11) is 0. The number of halogens is 2. The van der Waals surface area contributed by atoms with Gasteiger partial charge in [-0.25, -0.2) is 4.39 Å². The minimum Gasteiger partial charge on any atom is -0.393 e. The monoisotopic (exact) mass is 228 g/mol. The molecule has 15 heavy (non-hydrogen) atoms. The lowest BCUT2D eigenvalue weighted by Crippen LogP contribution is -2.11. The molecular weight excluding hydrogens is 215 g/mol. The van der Waals surface area contributed by atoms with Crippen LogP contribution in [0.25, 0.3) is 0 Å². The molecule has 1 aliphatic rings. The Hall–Kier alpha value is -0.600. The Morgan fingerprint density at radius 2 is 2.20 bits per heavy atom. The maximum absolute atomic E-state index is 13.1. The fourth-order valence-electron chi connectivity index (χ4n) is 1.78. The molecule has 0 bridgehead atoms. The van der Waals surface area contributed by atoms with Gasteiger partial charge in [-0.1, -0.05) is 36.6 Å². The summed E-state index contributed by atoms with van der Waals surface area (Å²) in [5.74, 6) is 0.264. The minimum absolute atomic E-state index is 0.146. The highest BCUT2D eigenvalue weighted by molar-refractivity contribution is 6.31. The molecule has 1 atom stereocenters. The summed E-state index contributed by atoms with van der Waals surface area (Å²) in [5.41, 5.74) is 0.699. The molecule has 1 aliphatic carbocycles. The van der Waals surface area contributed by atoms with Crippen molar-refractivity contribution in [3.63, 3.8) is 0 Å². The van der Waals surface area contributed by atoms with Crippen LogP contribution < -0.4 is 0 Å². The molecule has 1 saturated carbocycles. The van der Waals surface area contributed by atoms with E-state index in [0.717, 1.165) is 6.42 Å². The number of aliphatic hydroxyl groups excluding tert-OH is 1. The first-order valence-corrected chi connectivity index (χ1v) is 5.65. The molecule has 3 heteroatoms. The van der Waals surface area contributed by atoms with Crippen molar-refractivity contribution < 1.29 is 9.50 Å². The Balaban J connectivity index is 1.99. The van der Waals surface area contributed by atoms with Crippen molar-refractivity contribution in [1.29, 1.82) is 0 Å². The molecule has 0 radical (unpaired) electrons. The van der Waals surface area contributed by atoms with Crippen LogP contribution in [0.5, 0.6) is 0 Å². The molecule has 0 heterocycles. The predicted octanol–water partition coefficient (Wildman–Crippen LogP) is 3.18. The molecule has 0 amide bonds. The van der Waals surface area contributed by atoms with Gasteiger partial charge in [0.2, 0.25) is 0 Å². The van der Waals surface area contributed by atoms with Crippen LogP contribution in [0.2, 0.25) is 5.02 Å². The predicted molar refractivity (Wildman–Crippen MR) is 58.5 cm³/mol. The number of hydrogen-bond acceptors (Lipinski definition) is 1. The fourth-order valence-corrected chi connectivity index (χ4v) is 1.98. The highest BCUT2D eigenvalue weighted by Crippen LogP contribution is 2.34. The van der Waals surface area contributed by atoms with Gasteiger partial charge >= 0.3 is 0 Å². The van der Waals surface area contributed by atoms with E-state index in [-0.39, 0.29) is 5.02 Å². The van der Waals surface area contributed by atoms with Crippen LogP contribution in [0, 0.1) is 11.7 Å². The van der Waals surface area contributed by atoms with Crippen molar-refractivity contribution in [2.75, 3.05) is 0 Å². The van der Waals surface area contributed by atoms with Crippen LogP contribution in [0.1, 0.15) is 24.8 Å². The van der Waals surface area contributed by atoms with Crippen molar-refractivity contribution in [2.45, 2.75) is 31.8 Å². The largest absolute Gasteiger partial charge is 0.393 e. The zero-order valence-corrected chi connectivity index (χ0v) is 9.17. The maximum atomic E-state index is 13.1. The molecule has 1 fully saturated rings. The van der Waals surface area contributed by atoms with Crippen LogP contribution in [-0.4, -0.2) is 11.2 Å².